The molecule has 16 heavy (non-hydrogen) atoms. The van der Waals surface area contributed by atoms with Gasteiger partial charge in [0, 0.05) is 24.4 Å². The van der Waals surface area contributed by atoms with Crippen LogP contribution in [0.25, 0.3) is 0 Å². The van der Waals surface area contributed by atoms with Gasteiger partial charge in [-0.3, -0.25) is 0 Å². The third kappa shape index (κ3) is 4.46. The van der Waals surface area contributed by atoms with Gasteiger partial charge in [0.1, 0.15) is 0 Å². The zero-order chi connectivity index (χ0) is 11.8. The molecule has 0 unspecified atom stereocenters. The van der Waals surface area contributed by atoms with Crippen molar-refractivity contribution in [3.63, 3.8) is 0 Å². The predicted octanol–water partition coefficient (Wildman–Crippen LogP) is 1.40. The fraction of sp³-hybridized carbons (Fsp3) is 0.417. The highest BCUT2D eigenvalue weighted by atomic mass is 32.1. The molecule has 1 rings (SSSR count). The third-order valence-electron chi connectivity index (χ3n) is 2.01. The second-order valence-corrected chi connectivity index (χ2v) is 4.59. The van der Waals surface area contributed by atoms with Crippen LogP contribution >= 0.6 is 11.3 Å². The molecule has 0 aliphatic carbocycles. The van der Waals surface area contributed by atoms with Crippen molar-refractivity contribution in [1.29, 1.82) is 5.26 Å². The Bertz CT molecular complexity index is 419. The van der Waals surface area contributed by atoms with E-state index in [1.165, 1.54) is 4.88 Å². The topological polar surface area (TPSA) is 53.0 Å². The van der Waals surface area contributed by atoms with Gasteiger partial charge in [0.25, 0.3) is 0 Å². The van der Waals surface area contributed by atoms with Crippen LogP contribution in [0.1, 0.15) is 16.2 Å². The Hall–Kier alpha value is -1.33. The van der Waals surface area contributed by atoms with E-state index in [2.05, 4.69) is 28.9 Å². The summed E-state index contributed by atoms with van der Waals surface area (Å²) < 4.78 is 0. The van der Waals surface area contributed by atoms with Crippen LogP contribution in [0.2, 0.25) is 0 Å². The highest BCUT2D eigenvalue weighted by Crippen LogP contribution is 2.16. The van der Waals surface area contributed by atoms with Crippen molar-refractivity contribution in [3.8, 4) is 17.9 Å². The molecule has 0 bridgehead atoms. The Morgan fingerprint density at radius 3 is 3.00 bits per heavy atom. The molecule has 0 radical (unpaired) electrons. The molecule has 0 atom stereocenters. The van der Waals surface area contributed by atoms with Gasteiger partial charge in [0.2, 0.25) is 0 Å². The summed E-state index contributed by atoms with van der Waals surface area (Å²) in [5.74, 6) is 5.85. The SMILES string of the molecule is CN(CCC#N)Cc1ccc(C#CCN)s1. The first kappa shape index (κ1) is 12.7. The van der Waals surface area contributed by atoms with E-state index in [1.54, 1.807) is 11.3 Å². The molecule has 0 aliphatic heterocycles. The number of hydrogen-bond donors (Lipinski definition) is 1. The summed E-state index contributed by atoms with van der Waals surface area (Å²) in [7, 11) is 2.02. The standard InChI is InChI=1S/C12H15N3S/c1-15(9-3-8-14)10-12-6-5-11(16-12)4-2-7-13/h5-6H,3,7,9-10,13H2,1H3. The van der Waals surface area contributed by atoms with Gasteiger partial charge < -0.3 is 10.6 Å². The van der Waals surface area contributed by atoms with E-state index in [1.807, 2.05) is 13.1 Å². The molecule has 1 heterocycles. The van der Waals surface area contributed by atoms with Crippen molar-refractivity contribution >= 4 is 11.3 Å². The number of rotatable bonds is 4. The van der Waals surface area contributed by atoms with Crippen LogP contribution in [0.3, 0.4) is 0 Å². The first-order valence-electron chi connectivity index (χ1n) is 5.09. The number of nitriles is 1. The van der Waals surface area contributed by atoms with Gasteiger partial charge in [-0.15, -0.1) is 11.3 Å². The average molecular weight is 233 g/mol. The zero-order valence-electron chi connectivity index (χ0n) is 9.36. The van der Waals surface area contributed by atoms with Crippen LogP contribution in [-0.2, 0) is 6.54 Å². The second-order valence-electron chi connectivity index (χ2n) is 3.42. The molecule has 84 valence electrons. The van der Waals surface area contributed by atoms with E-state index >= 15 is 0 Å². The number of nitrogens with zero attached hydrogens (tertiary/aromatic N) is 2. The van der Waals surface area contributed by atoms with Crippen molar-refractivity contribution in [2.24, 2.45) is 5.73 Å². The van der Waals surface area contributed by atoms with Crippen molar-refractivity contribution < 1.29 is 0 Å². The minimum atomic E-state index is 0.398. The fourth-order valence-corrected chi connectivity index (χ4v) is 2.22. The summed E-state index contributed by atoms with van der Waals surface area (Å²) in [5, 5.41) is 8.48. The summed E-state index contributed by atoms with van der Waals surface area (Å²) in [6, 6.07) is 6.24. The molecule has 3 nitrogen and oxygen atoms in total. The van der Waals surface area contributed by atoms with E-state index in [0.29, 0.717) is 13.0 Å². The Balaban J connectivity index is 2.49. The van der Waals surface area contributed by atoms with E-state index in [4.69, 9.17) is 11.0 Å². The number of nitrogens with two attached hydrogens (primary N) is 1. The normalized spacial score (nSPS) is 9.62. The smallest absolute Gasteiger partial charge is 0.0772 e. The fourth-order valence-electron chi connectivity index (χ4n) is 1.25. The largest absolute Gasteiger partial charge is 0.320 e. The van der Waals surface area contributed by atoms with Crippen molar-refractivity contribution in [2.75, 3.05) is 20.1 Å². The van der Waals surface area contributed by atoms with Crippen molar-refractivity contribution in [3.05, 3.63) is 21.9 Å². The molecule has 0 saturated heterocycles. The zero-order valence-corrected chi connectivity index (χ0v) is 10.2. The van der Waals surface area contributed by atoms with Gasteiger partial charge in [0.05, 0.1) is 17.5 Å². The van der Waals surface area contributed by atoms with Gasteiger partial charge in [-0.05, 0) is 19.2 Å². The Morgan fingerprint density at radius 1 is 1.50 bits per heavy atom. The monoisotopic (exact) mass is 233 g/mol. The maximum Gasteiger partial charge on any atom is 0.0772 e. The lowest BCUT2D eigenvalue weighted by Gasteiger charge is -2.12. The predicted molar refractivity (Wildman–Crippen MR) is 66.8 cm³/mol. The summed E-state index contributed by atoms with van der Waals surface area (Å²) in [4.78, 5) is 4.45. The van der Waals surface area contributed by atoms with Crippen LogP contribution < -0.4 is 5.73 Å². The Morgan fingerprint density at radius 2 is 2.31 bits per heavy atom. The molecule has 0 amide bonds. The lowest BCUT2D eigenvalue weighted by atomic mass is 10.3. The van der Waals surface area contributed by atoms with Gasteiger partial charge in [0.15, 0.2) is 0 Å². The minimum absolute atomic E-state index is 0.398. The van der Waals surface area contributed by atoms with Crippen LogP contribution in [0.4, 0.5) is 0 Å². The lowest BCUT2D eigenvalue weighted by molar-refractivity contribution is 0.338. The van der Waals surface area contributed by atoms with Crippen LogP contribution in [0.5, 0.6) is 0 Å². The molecule has 0 saturated carbocycles. The molecule has 0 spiro atoms. The van der Waals surface area contributed by atoms with Gasteiger partial charge in [-0.25, -0.2) is 0 Å². The molecule has 0 aromatic carbocycles. The maximum absolute atomic E-state index is 8.48. The Labute approximate surface area is 100 Å². The summed E-state index contributed by atoms with van der Waals surface area (Å²) in [6.45, 7) is 2.07. The molecule has 0 aliphatic rings. The van der Waals surface area contributed by atoms with E-state index in [0.717, 1.165) is 18.0 Å². The Kier molecular flexibility index (Phi) is 5.60. The second kappa shape index (κ2) is 7.03. The number of thiophene rings is 1. The molecule has 0 fully saturated rings. The quantitative estimate of drug-likeness (QED) is 0.800. The number of hydrogen-bond acceptors (Lipinski definition) is 4. The minimum Gasteiger partial charge on any atom is -0.320 e. The van der Waals surface area contributed by atoms with E-state index in [-0.39, 0.29) is 0 Å². The maximum atomic E-state index is 8.48. The van der Waals surface area contributed by atoms with Crippen molar-refractivity contribution in [1.82, 2.24) is 4.90 Å². The molecule has 4 heteroatoms. The molecule has 2 N–H and O–H groups in total. The van der Waals surface area contributed by atoms with Gasteiger partial charge in [-0.2, -0.15) is 5.26 Å². The summed E-state index contributed by atoms with van der Waals surface area (Å²) in [6.07, 6.45) is 0.571. The molecular weight excluding hydrogens is 218 g/mol. The third-order valence-corrected chi connectivity index (χ3v) is 2.99. The first-order valence-corrected chi connectivity index (χ1v) is 5.91. The van der Waals surface area contributed by atoms with Gasteiger partial charge in [-0.1, -0.05) is 11.8 Å². The average Bonchev–Trinajstić information content (AvgIpc) is 2.71. The lowest BCUT2D eigenvalue weighted by Crippen LogP contribution is -2.17. The summed E-state index contributed by atoms with van der Waals surface area (Å²) >= 11 is 1.68. The highest BCUT2D eigenvalue weighted by Gasteiger charge is 2.02. The van der Waals surface area contributed by atoms with Crippen LogP contribution in [0.15, 0.2) is 12.1 Å². The molecular formula is C12H15N3S. The van der Waals surface area contributed by atoms with Crippen molar-refractivity contribution in [2.45, 2.75) is 13.0 Å². The molecule has 1 aromatic rings. The van der Waals surface area contributed by atoms with E-state index in [9.17, 15) is 0 Å². The van der Waals surface area contributed by atoms with Crippen LogP contribution in [0, 0.1) is 23.2 Å². The van der Waals surface area contributed by atoms with Crippen LogP contribution in [-0.4, -0.2) is 25.0 Å². The van der Waals surface area contributed by atoms with Gasteiger partial charge >= 0.3 is 0 Å². The molecule has 1 aromatic heterocycles. The van der Waals surface area contributed by atoms with E-state index < -0.39 is 0 Å². The first-order chi connectivity index (χ1) is 7.76. The highest BCUT2D eigenvalue weighted by molar-refractivity contribution is 7.12. The summed E-state index contributed by atoms with van der Waals surface area (Å²) in [5.41, 5.74) is 5.31.